The first-order valence-electron chi connectivity index (χ1n) is 5.76. The summed E-state index contributed by atoms with van der Waals surface area (Å²) < 4.78 is 1.25. The van der Waals surface area contributed by atoms with Gasteiger partial charge in [0.1, 0.15) is 5.15 Å². The maximum atomic E-state index is 11.9. The van der Waals surface area contributed by atoms with Crippen LogP contribution in [0.25, 0.3) is 0 Å². The minimum atomic E-state index is -0.450. The summed E-state index contributed by atoms with van der Waals surface area (Å²) >= 11 is 5.66. The second-order valence-corrected chi connectivity index (χ2v) is 4.79. The molecule has 0 bridgehead atoms. The smallest absolute Gasteiger partial charge is 0.298 e. The maximum absolute atomic E-state index is 11.9. The number of aromatic nitrogens is 2. The molecule has 0 saturated carbocycles. The largest absolute Gasteiger partial charge is 0.330 e. The number of nitrogens with one attached hydrogen (secondary N) is 1. The molecule has 0 amide bonds. The summed E-state index contributed by atoms with van der Waals surface area (Å²) in [5.74, 6) is 0. The highest BCUT2D eigenvalue weighted by atomic mass is 35.5. The van der Waals surface area contributed by atoms with Crippen LogP contribution in [0.5, 0.6) is 0 Å². The van der Waals surface area contributed by atoms with Crippen molar-refractivity contribution in [2.75, 3.05) is 0 Å². The molecule has 0 fully saturated rings. The van der Waals surface area contributed by atoms with Crippen LogP contribution in [-0.4, -0.2) is 9.55 Å². The fourth-order valence-corrected chi connectivity index (χ4v) is 2.75. The molecule has 0 radical (unpaired) electrons. The van der Waals surface area contributed by atoms with Gasteiger partial charge in [-0.05, 0) is 24.0 Å². The quantitative estimate of drug-likeness (QED) is 0.796. The molecule has 1 atom stereocenters. The van der Waals surface area contributed by atoms with Gasteiger partial charge in [0.25, 0.3) is 5.56 Å². The molecule has 3 rings (SSSR count). The van der Waals surface area contributed by atoms with Crippen LogP contribution < -0.4 is 11.2 Å². The Balaban J connectivity index is 2.20. The van der Waals surface area contributed by atoms with Gasteiger partial charge in [0, 0.05) is 6.07 Å². The van der Waals surface area contributed by atoms with Crippen LogP contribution in [0.2, 0.25) is 5.15 Å². The normalized spacial score (nSPS) is 17.7. The SMILES string of the molecule is O=c1cc(Cl)[nH]c(=O)n1C1CCc2ccccc21. The number of benzene rings is 1. The third-order valence-electron chi connectivity index (χ3n) is 3.35. The summed E-state index contributed by atoms with van der Waals surface area (Å²) in [6.45, 7) is 0. The van der Waals surface area contributed by atoms with Crippen LogP contribution in [0.4, 0.5) is 0 Å². The van der Waals surface area contributed by atoms with Gasteiger partial charge in [-0.2, -0.15) is 0 Å². The third-order valence-corrected chi connectivity index (χ3v) is 3.55. The number of aryl methyl sites for hydroxylation is 1. The summed E-state index contributed by atoms with van der Waals surface area (Å²) in [5.41, 5.74) is 1.44. The summed E-state index contributed by atoms with van der Waals surface area (Å²) in [6, 6.07) is 8.94. The van der Waals surface area contributed by atoms with Crippen LogP contribution in [0.15, 0.2) is 39.9 Å². The van der Waals surface area contributed by atoms with Crippen molar-refractivity contribution < 1.29 is 0 Å². The summed E-state index contributed by atoms with van der Waals surface area (Å²) in [6.07, 6.45) is 1.65. The molecule has 92 valence electrons. The molecule has 1 aliphatic carbocycles. The van der Waals surface area contributed by atoms with Gasteiger partial charge in [-0.15, -0.1) is 0 Å². The van der Waals surface area contributed by atoms with Crippen molar-refractivity contribution in [1.82, 2.24) is 9.55 Å². The molecule has 0 spiro atoms. The van der Waals surface area contributed by atoms with Crippen molar-refractivity contribution in [3.63, 3.8) is 0 Å². The molecular weight excluding hydrogens is 252 g/mol. The van der Waals surface area contributed by atoms with Gasteiger partial charge in [-0.3, -0.25) is 14.3 Å². The number of halogens is 1. The molecule has 2 aromatic rings. The Hall–Kier alpha value is -1.81. The van der Waals surface area contributed by atoms with Crippen LogP contribution in [0.3, 0.4) is 0 Å². The minimum absolute atomic E-state index is 0.0764. The molecule has 1 aliphatic rings. The summed E-state index contributed by atoms with van der Waals surface area (Å²) in [4.78, 5) is 26.3. The first kappa shape index (κ1) is 11.3. The van der Waals surface area contributed by atoms with Crippen LogP contribution >= 0.6 is 11.6 Å². The van der Waals surface area contributed by atoms with E-state index in [0.29, 0.717) is 0 Å². The van der Waals surface area contributed by atoms with E-state index in [4.69, 9.17) is 11.6 Å². The monoisotopic (exact) mass is 262 g/mol. The van der Waals surface area contributed by atoms with E-state index in [-0.39, 0.29) is 16.8 Å². The lowest BCUT2D eigenvalue weighted by Crippen LogP contribution is -2.37. The van der Waals surface area contributed by atoms with Gasteiger partial charge in [0.15, 0.2) is 0 Å². The van der Waals surface area contributed by atoms with Gasteiger partial charge in [-0.25, -0.2) is 4.79 Å². The highest BCUT2D eigenvalue weighted by Gasteiger charge is 2.25. The number of nitrogens with zero attached hydrogens (tertiary/aromatic N) is 1. The van der Waals surface area contributed by atoms with Gasteiger partial charge < -0.3 is 0 Å². The van der Waals surface area contributed by atoms with Crippen molar-refractivity contribution in [2.24, 2.45) is 0 Å². The Morgan fingerprint density at radius 1 is 1.28 bits per heavy atom. The van der Waals surface area contributed by atoms with E-state index in [1.54, 1.807) is 0 Å². The predicted molar refractivity (Wildman–Crippen MR) is 69.2 cm³/mol. The number of H-pyrrole nitrogens is 1. The number of rotatable bonds is 1. The van der Waals surface area contributed by atoms with Gasteiger partial charge in [0.05, 0.1) is 6.04 Å². The Labute approximate surface area is 108 Å². The van der Waals surface area contributed by atoms with Gasteiger partial charge >= 0.3 is 5.69 Å². The summed E-state index contributed by atoms with van der Waals surface area (Å²) in [7, 11) is 0. The van der Waals surface area contributed by atoms with E-state index >= 15 is 0 Å². The predicted octanol–water partition coefficient (Wildman–Crippen LogP) is 1.73. The Morgan fingerprint density at radius 3 is 2.83 bits per heavy atom. The standard InChI is InChI=1S/C13H11ClN2O2/c14-11-7-12(17)16(13(18)15-11)10-6-5-8-3-1-2-4-9(8)10/h1-4,7,10H,5-6H2,(H,15,18). The fourth-order valence-electron chi connectivity index (χ4n) is 2.57. The van der Waals surface area contributed by atoms with Crippen molar-refractivity contribution in [3.8, 4) is 0 Å². The van der Waals surface area contributed by atoms with Crippen LogP contribution in [-0.2, 0) is 6.42 Å². The fraction of sp³-hybridized carbons (Fsp3) is 0.231. The Bertz CT molecular complexity index is 686. The van der Waals surface area contributed by atoms with Crippen molar-refractivity contribution in [3.05, 3.63) is 67.4 Å². The molecule has 0 saturated heterocycles. The van der Waals surface area contributed by atoms with E-state index in [2.05, 4.69) is 4.98 Å². The number of aromatic amines is 1. The number of fused-ring (bicyclic) bond motifs is 1. The molecule has 4 nitrogen and oxygen atoms in total. The molecule has 1 unspecified atom stereocenters. The first-order chi connectivity index (χ1) is 8.66. The highest BCUT2D eigenvalue weighted by Crippen LogP contribution is 2.32. The number of hydrogen-bond acceptors (Lipinski definition) is 2. The Kier molecular flexibility index (Phi) is 2.59. The lowest BCUT2D eigenvalue weighted by atomic mass is 10.1. The number of hydrogen-bond donors (Lipinski definition) is 1. The van der Waals surface area contributed by atoms with E-state index in [1.165, 1.54) is 16.2 Å². The zero-order chi connectivity index (χ0) is 12.7. The lowest BCUT2D eigenvalue weighted by Gasteiger charge is -2.13. The van der Waals surface area contributed by atoms with Crippen molar-refractivity contribution in [1.29, 1.82) is 0 Å². The van der Waals surface area contributed by atoms with E-state index < -0.39 is 5.69 Å². The second-order valence-electron chi connectivity index (χ2n) is 4.38. The molecule has 18 heavy (non-hydrogen) atoms. The van der Waals surface area contributed by atoms with Gasteiger partial charge in [0.2, 0.25) is 0 Å². The maximum Gasteiger partial charge on any atom is 0.330 e. The van der Waals surface area contributed by atoms with Crippen molar-refractivity contribution >= 4 is 11.6 Å². The van der Waals surface area contributed by atoms with E-state index in [1.807, 2.05) is 24.3 Å². The van der Waals surface area contributed by atoms with Crippen molar-refractivity contribution in [2.45, 2.75) is 18.9 Å². The summed E-state index contributed by atoms with van der Waals surface area (Å²) in [5, 5.41) is 0.0764. The molecule has 1 heterocycles. The third kappa shape index (κ3) is 1.69. The van der Waals surface area contributed by atoms with Crippen LogP contribution in [0, 0.1) is 0 Å². The van der Waals surface area contributed by atoms with Crippen LogP contribution in [0.1, 0.15) is 23.6 Å². The average Bonchev–Trinajstić information content (AvgIpc) is 2.72. The lowest BCUT2D eigenvalue weighted by molar-refractivity contribution is 0.532. The average molecular weight is 263 g/mol. The molecule has 5 heteroatoms. The second kappa shape index (κ2) is 4.14. The highest BCUT2D eigenvalue weighted by molar-refractivity contribution is 6.29. The molecular formula is C13H11ClN2O2. The minimum Gasteiger partial charge on any atom is -0.298 e. The zero-order valence-electron chi connectivity index (χ0n) is 9.52. The van der Waals surface area contributed by atoms with E-state index in [9.17, 15) is 9.59 Å². The first-order valence-corrected chi connectivity index (χ1v) is 6.14. The topological polar surface area (TPSA) is 54.9 Å². The molecule has 1 aromatic heterocycles. The molecule has 1 aromatic carbocycles. The van der Waals surface area contributed by atoms with Gasteiger partial charge in [-0.1, -0.05) is 35.9 Å². The molecule has 1 N–H and O–H groups in total. The molecule has 0 aliphatic heterocycles. The van der Waals surface area contributed by atoms with E-state index in [0.717, 1.165) is 18.4 Å². The Morgan fingerprint density at radius 2 is 2.06 bits per heavy atom. The zero-order valence-corrected chi connectivity index (χ0v) is 10.3.